The van der Waals surface area contributed by atoms with Gasteiger partial charge in [-0.2, -0.15) is 0 Å². The maximum Gasteiger partial charge on any atom is 0.269 e. The first-order valence-corrected chi connectivity index (χ1v) is 6.23. The van der Waals surface area contributed by atoms with Crippen LogP contribution in [0.25, 0.3) is 0 Å². The van der Waals surface area contributed by atoms with Gasteiger partial charge in [-0.05, 0) is 12.1 Å². The Hall–Kier alpha value is -1.95. The number of pyridine rings is 1. The number of carbonyl (C=O) groups is 2. The summed E-state index contributed by atoms with van der Waals surface area (Å²) in [6.45, 7) is 3.54. The molecule has 2 amide bonds. The summed E-state index contributed by atoms with van der Waals surface area (Å²) in [5.41, 5.74) is 0.377. The first-order valence-electron chi connectivity index (χ1n) is 6.23. The second-order valence-electron chi connectivity index (χ2n) is 4.38. The third-order valence-corrected chi connectivity index (χ3v) is 2.97. The van der Waals surface area contributed by atoms with Crippen LogP contribution in [-0.4, -0.2) is 54.0 Å². The van der Waals surface area contributed by atoms with Gasteiger partial charge < -0.3 is 15.0 Å². The van der Waals surface area contributed by atoms with Gasteiger partial charge in [-0.1, -0.05) is 6.07 Å². The van der Waals surface area contributed by atoms with Gasteiger partial charge >= 0.3 is 0 Å². The van der Waals surface area contributed by atoms with Gasteiger partial charge in [0.15, 0.2) is 0 Å². The lowest BCUT2D eigenvalue weighted by Crippen LogP contribution is -2.49. The van der Waals surface area contributed by atoms with Gasteiger partial charge in [0.05, 0.1) is 12.7 Å². The number of ether oxygens (including phenoxy) is 1. The molecule has 1 saturated heterocycles. The van der Waals surface area contributed by atoms with Crippen molar-refractivity contribution >= 4 is 11.8 Å². The minimum atomic E-state index is -0.232. The molecule has 6 nitrogen and oxygen atoms in total. The molecule has 0 saturated carbocycles. The number of morpholine rings is 1. The summed E-state index contributed by atoms with van der Waals surface area (Å²) in [5.74, 6) is -0.200. The number of carbonyl (C=O) groups excluding carboxylic acids is 2. The van der Waals surface area contributed by atoms with Gasteiger partial charge in [0, 0.05) is 32.8 Å². The van der Waals surface area contributed by atoms with Crippen molar-refractivity contribution in [2.45, 2.75) is 13.0 Å². The fraction of sp³-hybridized carbons (Fsp3) is 0.462. The topological polar surface area (TPSA) is 71.5 Å². The third kappa shape index (κ3) is 3.75. The van der Waals surface area contributed by atoms with E-state index in [4.69, 9.17) is 4.74 Å². The number of hydrogen-bond acceptors (Lipinski definition) is 4. The molecule has 1 aromatic heterocycles. The van der Waals surface area contributed by atoms with Gasteiger partial charge in [0.25, 0.3) is 5.91 Å². The van der Waals surface area contributed by atoms with Gasteiger partial charge in [-0.3, -0.25) is 14.6 Å². The van der Waals surface area contributed by atoms with Crippen LogP contribution in [0.3, 0.4) is 0 Å². The lowest BCUT2D eigenvalue weighted by Gasteiger charge is -2.32. The van der Waals surface area contributed by atoms with E-state index in [0.29, 0.717) is 31.9 Å². The number of nitrogens with one attached hydrogen (secondary N) is 1. The molecule has 2 heterocycles. The maximum atomic E-state index is 11.8. The summed E-state index contributed by atoms with van der Waals surface area (Å²) < 4.78 is 5.52. The Kier molecular flexibility index (Phi) is 4.46. The molecule has 1 N–H and O–H groups in total. The molecule has 1 aliphatic heterocycles. The zero-order valence-electron chi connectivity index (χ0n) is 10.8. The van der Waals surface area contributed by atoms with E-state index in [1.807, 2.05) is 0 Å². The second kappa shape index (κ2) is 6.29. The molecule has 1 atom stereocenters. The van der Waals surface area contributed by atoms with Crippen LogP contribution in [0.2, 0.25) is 0 Å². The molecule has 1 aliphatic rings. The van der Waals surface area contributed by atoms with E-state index in [1.165, 1.54) is 6.92 Å². The molecule has 2 rings (SSSR count). The van der Waals surface area contributed by atoms with Crippen LogP contribution in [0.4, 0.5) is 0 Å². The summed E-state index contributed by atoms with van der Waals surface area (Å²) in [4.78, 5) is 28.8. The van der Waals surface area contributed by atoms with Crippen LogP contribution in [0.5, 0.6) is 0 Å². The molecule has 102 valence electrons. The van der Waals surface area contributed by atoms with Crippen LogP contribution < -0.4 is 5.32 Å². The average Bonchev–Trinajstić information content (AvgIpc) is 2.46. The standard InChI is InChI=1S/C13H17N3O3/c1-10(17)16-6-7-19-11(9-16)8-15-13(18)12-4-2-3-5-14-12/h2-5,11H,6-9H2,1H3,(H,15,18). The molecule has 0 spiro atoms. The van der Waals surface area contributed by atoms with Crippen molar-refractivity contribution in [2.75, 3.05) is 26.2 Å². The highest BCUT2D eigenvalue weighted by Gasteiger charge is 2.22. The van der Waals surface area contributed by atoms with Gasteiger partial charge in [-0.15, -0.1) is 0 Å². The largest absolute Gasteiger partial charge is 0.373 e. The minimum Gasteiger partial charge on any atom is -0.373 e. The van der Waals surface area contributed by atoms with E-state index in [9.17, 15) is 9.59 Å². The normalized spacial score (nSPS) is 19.0. The zero-order valence-corrected chi connectivity index (χ0v) is 10.8. The lowest BCUT2D eigenvalue weighted by atomic mass is 10.2. The van der Waals surface area contributed by atoms with E-state index < -0.39 is 0 Å². The van der Waals surface area contributed by atoms with Crippen molar-refractivity contribution in [3.8, 4) is 0 Å². The molecule has 19 heavy (non-hydrogen) atoms. The average molecular weight is 263 g/mol. The highest BCUT2D eigenvalue weighted by Crippen LogP contribution is 2.05. The summed E-state index contributed by atoms with van der Waals surface area (Å²) in [7, 11) is 0. The molecule has 6 heteroatoms. The highest BCUT2D eigenvalue weighted by atomic mass is 16.5. The van der Waals surface area contributed by atoms with Gasteiger partial charge in [0.1, 0.15) is 5.69 Å². The Morgan fingerprint density at radius 1 is 1.53 bits per heavy atom. The smallest absolute Gasteiger partial charge is 0.269 e. The summed E-state index contributed by atoms with van der Waals surface area (Å²) in [5, 5.41) is 2.76. The third-order valence-electron chi connectivity index (χ3n) is 2.97. The maximum absolute atomic E-state index is 11.8. The fourth-order valence-corrected chi connectivity index (χ4v) is 1.92. The fourth-order valence-electron chi connectivity index (χ4n) is 1.92. The molecule has 1 unspecified atom stereocenters. The number of amides is 2. The SMILES string of the molecule is CC(=O)N1CCOC(CNC(=O)c2ccccn2)C1. The minimum absolute atomic E-state index is 0.0318. The lowest BCUT2D eigenvalue weighted by molar-refractivity contribution is -0.136. The van der Waals surface area contributed by atoms with Crippen molar-refractivity contribution < 1.29 is 14.3 Å². The van der Waals surface area contributed by atoms with Crippen LogP contribution in [0.15, 0.2) is 24.4 Å². The second-order valence-corrected chi connectivity index (χ2v) is 4.38. The van der Waals surface area contributed by atoms with Crippen molar-refractivity contribution in [1.29, 1.82) is 0 Å². The monoisotopic (exact) mass is 263 g/mol. The summed E-state index contributed by atoms with van der Waals surface area (Å²) in [6, 6.07) is 5.17. The predicted molar refractivity (Wildman–Crippen MR) is 68.6 cm³/mol. The van der Waals surface area contributed by atoms with E-state index in [-0.39, 0.29) is 17.9 Å². The first-order chi connectivity index (χ1) is 9.16. The molecule has 0 bridgehead atoms. The van der Waals surface area contributed by atoms with Crippen LogP contribution in [-0.2, 0) is 9.53 Å². The molecular formula is C13H17N3O3. The number of aromatic nitrogens is 1. The Balaban J connectivity index is 1.82. The first kappa shape index (κ1) is 13.5. The van der Waals surface area contributed by atoms with Gasteiger partial charge in [0.2, 0.25) is 5.91 Å². The summed E-state index contributed by atoms with van der Waals surface area (Å²) in [6.07, 6.45) is 1.41. The molecule has 1 fully saturated rings. The van der Waals surface area contributed by atoms with Crippen LogP contribution in [0.1, 0.15) is 17.4 Å². The van der Waals surface area contributed by atoms with Gasteiger partial charge in [-0.25, -0.2) is 0 Å². The Morgan fingerprint density at radius 2 is 2.37 bits per heavy atom. The molecule has 0 radical (unpaired) electrons. The van der Waals surface area contributed by atoms with E-state index in [0.717, 1.165) is 0 Å². The number of hydrogen-bond donors (Lipinski definition) is 1. The number of nitrogens with zero attached hydrogens (tertiary/aromatic N) is 2. The Morgan fingerprint density at radius 3 is 3.05 bits per heavy atom. The summed E-state index contributed by atoms with van der Waals surface area (Å²) >= 11 is 0. The highest BCUT2D eigenvalue weighted by molar-refractivity contribution is 5.92. The molecule has 0 aliphatic carbocycles. The number of rotatable bonds is 3. The van der Waals surface area contributed by atoms with Crippen molar-refractivity contribution in [1.82, 2.24) is 15.2 Å². The van der Waals surface area contributed by atoms with Crippen LogP contribution in [0, 0.1) is 0 Å². The van der Waals surface area contributed by atoms with Crippen molar-refractivity contribution in [3.63, 3.8) is 0 Å². The van der Waals surface area contributed by atoms with Crippen molar-refractivity contribution in [3.05, 3.63) is 30.1 Å². The predicted octanol–water partition coefficient (Wildman–Crippen LogP) is 0.0587. The van der Waals surface area contributed by atoms with E-state index >= 15 is 0 Å². The Bertz CT molecular complexity index is 450. The van der Waals surface area contributed by atoms with Crippen molar-refractivity contribution in [2.24, 2.45) is 0 Å². The van der Waals surface area contributed by atoms with E-state index in [1.54, 1.807) is 29.3 Å². The van der Waals surface area contributed by atoms with E-state index in [2.05, 4.69) is 10.3 Å². The molecule has 0 aromatic carbocycles. The van der Waals surface area contributed by atoms with Crippen LogP contribution >= 0.6 is 0 Å². The Labute approximate surface area is 111 Å². The quantitative estimate of drug-likeness (QED) is 0.837. The molecular weight excluding hydrogens is 246 g/mol. The molecule has 1 aromatic rings. The zero-order chi connectivity index (χ0) is 13.7.